The molecule has 0 aliphatic rings. The van der Waals surface area contributed by atoms with E-state index in [1.54, 1.807) is 19.2 Å². The largest absolute Gasteiger partial charge is 0.308 e. The van der Waals surface area contributed by atoms with Crippen LogP contribution in [0.25, 0.3) is 0 Å². The Morgan fingerprint density at radius 2 is 2.00 bits per heavy atom. The molecule has 0 radical (unpaired) electrons. The summed E-state index contributed by atoms with van der Waals surface area (Å²) in [7, 11) is 1.64. The average Bonchev–Trinajstić information content (AvgIpc) is 2.17. The summed E-state index contributed by atoms with van der Waals surface area (Å²) >= 11 is 4.63. The summed E-state index contributed by atoms with van der Waals surface area (Å²) in [5.74, 6) is -0.0781. The van der Waals surface area contributed by atoms with Gasteiger partial charge in [0.15, 0.2) is 0 Å². The Balaban J connectivity index is 2.85. The number of rotatable bonds is 2. The molecule has 0 aromatic heterocycles. The molecular weight excluding hydrogens is 170 g/mol. The van der Waals surface area contributed by atoms with Gasteiger partial charge in [0.05, 0.1) is 5.49 Å². The molecule has 3 heteroatoms. The molecule has 0 bridgehead atoms. The highest BCUT2D eigenvalue weighted by atomic mass is 32.1. The van der Waals surface area contributed by atoms with Gasteiger partial charge in [-0.3, -0.25) is 4.79 Å². The van der Waals surface area contributed by atoms with Crippen LogP contribution in [0.2, 0.25) is 0 Å². The van der Waals surface area contributed by atoms with E-state index in [0.29, 0.717) is 5.56 Å². The third-order valence-electron chi connectivity index (χ3n) is 1.50. The topological polar surface area (TPSA) is 20.3 Å². The van der Waals surface area contributed by atoms with Crippen LogP contribution in [0.3, 0.4) is 0 Å². The van der Waals surface area contributed by atoms with Gasteiger partial charge in [-0.05, 0) is 12.1 Å². The van der Waals surface area contributed by atoms with Crippen molar-refractivity contribution < 1.29 is 4.79 Å². The van der Waals surface area contributed by atoms with Crippen LogP contribution in [0.5, 0.6) is 0 Å². The van der Waals surface area contributed by atoms with Crippen molar-refractivity contribution in [1.82, 2.24) is 4.90 Å². The lowest BCUT2D eigenvalue weighted by Crippen LogP contribution is -2.23. The molecule has 0 aliphatic carbocycles. The molecule has 1 aromatic carbocycles. The fraction of sp³-hybridized carbons (Fsp3) is 0.111. The molecule has 62 valence electrons. The lowest BCUT2D eigenvalue weighted by molar-refractivity contribution is 0.0877. The van der Waals surface area contributed by atoms with Crippen molar-refractivity contribution >= 4 is 23.6 Å². The van der Waals surface area contributed by atoms with E-state index in [2.05, 4.69) is 12.2 Å². The second-order valence-electron chi connectivity index (χ2n) is 2.39. The van der Waals surface area contributed by atoms with Crippen molar-refractivity contribution in [2.75, 3.05) is 7.05 Å². The van der Waals surface area contributed by atoms with E-state index in [4.69, 9.17) is 0 Å². The Hall–Kier alpha value is -1.22. The maximum Gasteiger partial charge on any atom is 0.258 e. The summed E-state index contributed by atoms with van der Waals surface area (Å²) in [6.07, 6.45) is 0. The zero-order valence-corrected chi connectivity index (χ0v) is 7.54. The summed E-state index contributed by atoms with van der Waals surface area (Å²) < 4.78 is 0. The maximum atomic E-state index is 11.4. The molecule has 0 N–H and O–H groups in total. The Bertz CT molecular complexity index is 284. The molecule has 1 aromatic rings. The minimum absolute atomic E-state index is 0.0781. The van der Waals surface area contributed by atoms with Crippen LogP contribution in [-0.4, -0.2) is 23.3 Å². The molecule has 0 saturated carbocycles. The van der Waals surface area contributed by atoms with E-state index in [0.717, 1.165) is 0 Å². The Morgan fingerprint density at radius 1 is 1.42 bits per heavy atom. The number of amides is 1. The van der Waals surface area contributed by atoms with Crippen LogP contribution in [0, 0.1) is 0 Å². The predicted molar refractivity (Wildman–Crippen MR) is 52.2 cm³/mol. The van der Waals surface area contributed by atoms with Gasteiger partial charge in [-0.25, -0.2) is 0 Å². The SMILES string of the molecule is CN(C=S)C(=O)c1ccccc1. The Morgan fingerprint density at radius 3 is 2.50 bits per heavy atom. The number of thiocarbonyl (C=S) groups is 1. The molecule has 0 aliphatic heterocycles. The highest BCUT2D eigenvalue weighted by Gasteiger charge is 2.06. The first-order valence-corrected chi connectivity index (χ1v) is 4.00. The second kappa shape index (κ2) is 3.97. The van der Waals surface area contributed by atoms with Crippen LogP contribution >= 0.6 is 12.2 Å². The molecule has 0 atom stereocenters. The fourth-order valence-corrected chi connectivity index (χ4v) is 0.928. The number of benzene rings is 1. The van der Waals surface area contributed by atoms with E-state index in [1.165, 1.54) is 10.4 Å². The average molecular weight is 179 g/mol. The van der Waals surface area contributed by atoms with E-state index < -0.39 is 0 Å². The van der Waals surface area contributed by atoms with Gasteiger partial charge in [-0.15, -0.1) is 0 Å². The summed E-state index contributed by atoms with van der Waals surface area (Å²) in [4.78, 5) is 12.8. The van der Waals surface area contributed by atoms with Gasteiger partial charge in [0, 0.05) is 12.6 Å². The molecule has 2 nitrogen and oxygen atoms in total. The molecule has 12 heavy (non-hydrogen) atoms. The van der Waals surface area contributed by atoms with Gasteiger partial charge in [-0.1, -0.05) is 30.4 Å². The zero-order chi connectivity index (χ0) is 8.97. The monoisotopic (exact) mass is 179 g/mol. The first-order valence-electron chi connectivity index (χ1n) is 3.53. The lowest BCUT2D eigenvalue weighted by Gasteiger charge is -2.09. The highest BCUT2D eigenvalue weighted by Crippen LogP contribution is 2.01. The summed E-state index contributed by atoms with van der Waals surface area (Å²) in [5.41, 5.74) is 1.98. The number of hydrogen-bond acceptors (Lipinski definition) is 2. The van der Waals surface area contributed by atoms with Gasteiger partial charge in [0.2, 0.25) is 0 Å². The molecule has 1 rings (SSSR count). The lowest BCUT2D eigenvalue weighted by atomic mass is 10.2. The summed E-state index contributed by atoms with van der Waals surface area (Å²) in [6, 6.07) is 9.04. The van der Waals surface area contributed by atoms with Crippen molar-refractivity contribution in [3.05, 3.63) is 35.9 Å². The smallest absolute Gasteiger partial charge is 0.258 e. The van der Waals surface area contributed by atoms with E-state index in [9.17, 15) is 4.79 Å². The normalized spacial score (nSPS) is 9.08. The third kappa shape index (κ3) is 1.89. The van der Waals surface area contributed by atoms with E-state index in [1.807, 2.05) is 18.2 Å². The summed E-state index contributed by atoms with van der Waals surface area (Å²) in [6.45, 7) is 0. The number of carbonyl (C=O) groups excluding carboxylic acids is 1. The molecule has 0 fully saturated rings. The van der Waals surface area contributed by atoms with Crippen molar-refractivity contribution in [1.29, 1.82) is 0 Å². The quantitative estimate of drug-likeness (QED) is 0.644. The molecule has 0 saturated heterocycles. The van der Waals surface area contributed by atoms with Gasteiger partial charge in [0.1, 0.15) is 0 Å². The molecule has 0 heterocycles. The molecule has 0 unspecified atom stereocenters. The van der Waals surface area contributed by atoms with Crippen molar-refractivity contribution in [2.45, 2.75) is 0 Å². The summed E-state index contributed by atoms with van der Waals surface area (Å²) in [5, 5.41) is 0. The van der Waals surface area contributed by atoms with Crippen LogP contribution < -0.4 is 0 Å². The van der Waals surface area contributed by atoms with Gasteiger partial charge < -0.3 is 4.90 Å². The van der Waals surface area contributed by atoms with Gasteiger partial charge >= 0.3 is 0 Å². The molecular formula is C9H9NOS. The van der Waals surface area contributed by atoms with Gasteiger partial charge in [-0.2, -0.15) is 0 Å². The molecule has 1 amide bonds. The molecule has 0 spiro atoms. The zero-order valence-electron chi connectivity index (χ0n) is 6.73. The number of hydrogen-bond donors (Lipinski definition) is 0. The van der Waals surface area contributed by atoms with Crippen LogP contribution in [-0.2, 0) is 0 Å². The van der Waals surface area contributed by atoms with E-state index in [-0.39, 0.29) is 5.91 Å². The number of nitrogens with zero attached hydrogens (tertiary/aromatic N) is 1. The van der Waals surface area contributed by atoms with Crippen LogP contribution in [0.4, 0.5) is 0 Å². The first kappa shape index (κ1) is 8.87. The van der Waals surface area contributed by atoms with Crippen molar-refractivity contribution in [2.24, 2.45) is 0 Å². The van der Waals surface area contributed by atoms with Crippen LogP contribution in [0.1, 0.15) is 10.4 Å². The predicted octanol–water partition coefficient (Wildman–Crippen LogP) is 1.72. The number of carbonyl (C=O) groups is 1. The highest BCUT2D eigenvalue weighted by molar-refractivity contribution is 7.78. The second-order valence-corrected chi connectivity index (χ2v) is 2.60. The Kier molecular flexibility index (Phi) is 2.94. The minimum atomic E-state index is -0.0781. The Labute approximate surface area is 76.8 Å². The van der Waals surface area contributed by atoms with Gasteiger partial charge in [0.25, 0.3) is 5.91 Å². The van der Waals surface area contributed by atoms with Crippen LogP contribution in [0.15, 0.2) is 30.3 Å². The van der Waals surface area contributed by atoms with E-state index >= 15 is 0 Å². The third-order valence-corrected chi connectivity index (χ3v) is 1.82. The minimum Gasteiger partial charge on any atom is -0.308 e. The van der Waals surface area contributed by atoms with Crippen molar-refractivity contribution in [3.8, 4) is 0 Å². The maximum absolute atomic E-state index is 11.4. The fourth-order valence-electron chi connectivity index (χ4n) is 0.832. The first-order chi connectivity index (χ1) is 5.75. The standard InChI is InChI=1S/C9H9NOS/c1-10(7-12)9(11)8-5-3-2-4-6-8/h2-7H,1H3. The van der Waals surface area contributed by atoms with Crippen molar-refractivity contribution in [3.63, 3.8) is 0 Å².